The molecule has 0 aromatic heterocycles. The molecule has 0 saturated heterocycles. The van der Waals surface area contributed by atoms with Crippen LogP contribution in [0.4, 0.5) is 0 Å². The van der Waals surface area contributed by atoms with Gasteiger partial charge < -0.3 is 14.6 Å². The van der Waals surface area contributed by atoms with E-state index < -0.39 is 6.10 Å². The molecule has 0 fully saturated rings. The molecule has 0 aromatic rings. The Kier molecular flexibility index (Phi) is 34.4. The van der Waals surface area contributed by atoms with Gasteiger partial charge in [0, 0.05) is 12.8 Å². The lowest BCUT2D eigenvalue weighted by Gasteiger charge is -2.15. The van der Waals surface area contributed by atoms with Gasteiger partial charge in [0.1, 0.15) is 6.61 Å². The van der Waals surface area contributed by atoms with Gasteiger partial charge in [0.15, 0.2) is 6.10 Å². The summed E-state index contributed by atoms with van der Waals surface area (Å²) in [6.45, 7) is 8.86. The summed E-state index contributed by atoms with van der Waals surface area (Å²) in [6.07, 6.45) is 35.9. The number of carbonyl (C=O) groups is 2. The number of carbonyl (C=O) groups excluding carboxylic acids is 2. The van der Waals surface area contributed by atoms with Gasteiger partial charge >= 0.3 is 11.9 Å². The highest BCUT2D eigenvalue weighted by Gasteiger charge is 2.16. The molecular formula is C41H80O5. The molecule has 5 nitrogen and oxygen atoms in total. The number of rotatable bonds is 36. The lowest BCUT2D eigenvalue weighted by molar-refractivity contribution is -0.161. The molecule has 274 valence electrons. The van der Waals surface area contributed by atoms with Crippen LogP contribution in [0.5, 0.6) is 0 Å². The first kappa shape index (κ1) is 44.9. The lowest BCUT2D eigenvalue weighted by atomic mass is 10.0. The molecule has 0 bridgehead atoms. The fourth-order valence-electron chi connectivity index (χ4n) is 6.16. The van der Waals surface area contributed by atoms with Gasteiger partial charge in [-0.05, 0) is 24.7 Å². The van der Waals surface area contributed by atoms with Gasteiger partial charge in [-0.3, -0.25) is 9.59 Å². The quantitative estimate of drug-likeness (QED) is 0.0538. The highest BCUT2D eigenvalue weighted by molar-refractivity contribution is 5.70. The van der Waals surface area contributed by atoms with E-state index in [4.69, 9.17) is 9.47 Å². The first-order valence-electron chi connectivity index (χ1n) is 20.3. The molecule has 0 aliphatic carbocycles. The van der Waals surface area contributed by atoms with E-state index in [1.54, 1.807) is 0 Å². The van der Waals surface area contributed by atoms with E-state index in [0.717, 1.165) is 50.4 Å². The van der Waals surface area contributed by atoms with E-state index in [-0.39, 0.29) is 25.2 Å². The monoisotopic (exact) mass is 653 g/mol. The molecule has 0 radical (unpaired) electrons. The van der Waals surface area contributed by atoms with Crippen molar-refractivity contribution in [3.63, 3.8) is 0 Å². The Morgan fingerprint density at radius 1 is 0.435 bits per heavy atom. The van der Waals surface area contributed by atoms with Crippen LogP contribution in [0.3, 0.4) is 0 Å². The fraction of sp³-hybridized carbons (Fsp3) is 0.951. The number of ether oxygens (including phenoxy) is 2. The van der Waals surface area contributed by atoms with E-state index >= 15 is 0 Å². The summed E-state index contributed by atoms with van der Waals surface area (Å²) in [7, 11) is 0. The zero-order chi connectivity index (χ0) is 33.9. The lowest BCUT2D eigenvalue weighted by Crippen LogP contribution is -2.28. The van der Waals surface area contributed by atoms with Crippen molar-refractivity contribution < 1.29 is 24.2 Å². The third-order valence-electron chi connectivity index (χ3n) is 9.26. The molecule has 0 aliphatic heterocycles. The summed E-state index contributed by atoms with van der Waals surface area (Å²) >= 11 is 0. The summed E-state index contributed by atoms with van der Waals surface area (Å²) in [5.74, 6) is 1.11. The predicted molar refractivity (Wildman–Crippen MR) is 196 cm³/mol. The third kappa shape index (κ3) is 35.7. The predicted octanol–water partition coefficient (Wildman–Crippen LogP) is 12.4. The van der Waals surface area contributed by atoms with Crippen molar-refractivity contribution >= 4 is 11.9 Å². The van der Waals surface area contributed by atoms with E-state index in [1.807, 2.05) is 0 Å². The second kappa shape index (κ2) is 35.2. The van der Waals surface area contributed by atoms with Crippen LogP contribution >= 0.6 is 0 Å². The molecule has 0 aromatic carbocycles. The molecule has 0 spiro atoms. The maximum atomic E-state index is 12.2. The third-order valence-corrected chi connectivity index (χ3v) is 9.26. The number of hydrogen-bond acceptors (Lipinski definition) is 5. The molecule has 0 amide bonds. The number of aliphatic hydroxyl groups excluding tert-OH is 1. The second-order valence-electron chi connectivity index (χ2n) is 15.0. The number of aliphatic hydroxyl groups is 1. The van der Waals surface area contributed by atoms with Gasteiger partial charge in [-0.15, -0.1) is 0 Å². The molecule has 5 heteroatoms. The minimum atomic E-state index is -0.763. The van der Waals surface area contributed by atoms with Gasteiger partial charge in [0.25, 0.3) is 0 Å². The first-order chi connectivity index (χ1) is 22.3. The largest absolute Gasteiger partial charge is 0.462 e. The van der Waals surface area contributed by atoms with Gasteiger partial charge in [0.05, 0.1) is 6.61 Å². The minimum Gasteiger partial charge on any atom is -0.462 e. The SMILES string of the molecule is CC(C)CCCCCCCCCCCCCCCCCC(=O)O[C@@H](CO)COC(=O)CCCCCCCCCCCCCC(C)C. The van der Waals surface area contributed by atoms with Crippen LogP contribution in [0.2, 0.25) is 0 Å². The fourth-order valence-corrected chi connectivity index (χ4v) is 6.16. The first-order valence-corrected chi connectivity index (χ1v) is 20.3. The molecule has 0 rings (SSSR count). The maximum Gasteiger partial charge on any atom is 0.306 e. The van der Waals surface area contributed by atoms with Gasteiger partial charge in [-0.2, -0.15) is 0 Å². The molecule has 0 unspecified atom stereocenters. The van der Waals surface area contributed by atoms with Crippen LogP contribution in [0.25, 0.3) is 0 Å². The summed E-state index contributed by atoms with van der Waals surface area (Å²) < 4.78 is 10.6. The van der Waals surface area contributed by atoms with Crippen molar-refractivity contribution in [2.45, 2.75) is 226 Å². The molecule has 0 saturated carbocycles. The van der Waals surface area contributed by atoms with Crippen molar-refractivity contribution in [2.75, 3.05) is 13.2 Å². The van der Waals surface area contributed by atoms with Crippen molar-refractivity contribution in [1.29, 1.82) is 0 Å². The average molecular weight is 653 g/mol. The van der Waals surface area contributed by atoms with Crippen molar-refractivity contribution in [3.05, 3.63) is 0 Å². The van der Waals surface area contributed by atoms with Crippen molar-refractivity contribution in [2.24, 2.45) is 11.8 Å². The molecule has 46 heavy (non-hydrogen) atoms. The highest BCUT2D eigenvalue weighted by atomic mass is 16.6. The summed E-state index contributed by atoms with van der Waals surface area (Å²) in [5, 5.41) is 9.56. The molecule has 1 atom stereocenters. The summed E-state index contributed by atoms with van der Waals surface area (Å²) in [4.78, 5) is 24.3. The van der Waals surface area contributed by atoms with Crippen LogP contribution in [0.15, 0.2) is 0 Å². The molecular weight excluding hydrogens is 572 g/mol. The number of esters is 2. The topological polar surface area (TPSA) is 72.8 Å². The van der Waals surface area contributed by atoms with E-state index in [0.29, 0.717) is 12.8 Å². The van der Waals surface area contributed by atoms with Crippen molar-refractivity contribution in [1.82, 2.24) is 0 Å². The Morgan fingerprint density at radius 2 is 0.717 bits per heavy atom. The van der Waals surface area contributed by atoms with Crippen molar-refractivity contribution in [3.8, 4) is 0 Å². The standard InChI is InChI=1S/C41H80O5/c1-37(2)31-27-23-19-15-11-8-6-5-7-9-13-18-22-26-30-34-41(44)46-39(35-42)36-45-40(43)33-29-25-21-17-14-10-12-16-20-24-28-32-38(3)4/h37-39,42H,5-36H2,1-4H3/t39-/m0/s1. The Morgan fingerprint density at radius 3 is 1.02 bits per heavy atom. The van der Waals surface area contributed by atoms with E-state index in [1.165, 1.54) is 141 Å². The normalized spacial score (nSPS) is 12.2. The molecule has 0 aliphatic rings. The number of hydrogen-bond donors (Lipinski definition) is 1. The zero-order valence-corrected chi connectivity index (χ0v) is 31.4. The Bertz CT molecular complexity index is 647. The summed E-state index contributed by atoms with van der Waals surface area (Å²) in [5.41, 5.74) is 0. The summed E-state index contributed by atoms with van der Waals surface area (Å²) in [6, 6.07) is 0. The highest BCUT2D eigenvalue weighted by Crippen LogP contribution is 2.16. The smallest absolute Gasteiger partial charge is 0.306 e. The maximum absolute atomic E-state index is 12.2. The van der Waals surface area contributed by atoms with E-state index in [2.05, 4.69) is 27.7 Å². The van der Waals surface area contributed by atoms with Crippen LogP contribution in [0, 0.1) is 11.8 Å². The van der Waals surface area contributed by atoms with E-state index in [9.17, 15) is 14.7 Å². The van der Waals surface area contributed by atoms with Crippen LogP contribution in [-0.2, 0) is 19.1 Å². The Labute approximate surface area is 287 Å². The Hall–Kier alpha value is -1.10. The van der Waals surface area contributed by atoms with Gasteiger partial charge in [-0.1, -0.05) is 195 Å². The Balaban J connectivity index is 3.49. The van der Waals surface area contributed by atoms with Crippen LogP contribution < -0.4 is 0 Å². The van der Waals surface area contributed by atoms with Gasteiger partial charge in [-0.25, -0.2) is 0 Å². The molecule has 0 heterocycles. The molecule has 1 N–H and O–H groups in total. The number of unbranched alkanes of at least 4 members (excludes halogenated alkanes) is 24. The van der Waals surface area contributed by atoms with Crippen LogP contribution in [0.1, 0.15) is 220 Å². The van der Waals surface area contributed by atoms with Crippen LogP contribution in [-0.4, -0.2) is 36.4 Å². The average Bonchev–Trinajstić information content (AvgIpc) is 3.02. The second-order valence-corrected chi connectivity index (χ2v) is 15.0. The van der Waals surface area contributed by atoms with Gasteiger partial charge in [0.2, 0.25) is 0 Å². The zero-order valence-electron chi connectivity index (χ0n) is 31.4. The minimum absolute atomic E-state index is 0.0585.